The molecule has 0 spiro atoms. The van der Waals surface area contributed by atoms with E-state index in [9.17, 15) is 26.8 Å². The largest absolute Gasteiger partial charge is 0.324 e. The first-order valence-corrected chi connectivity index (χ1v) is 11.5. The van der Waals surface area contributed by atoms with E-state index >= 15 is 0 Å². The first-order valence-electron chi connectivity index (χ1n) is 9.94. The van der Waals surface area contributed by atoms with Crippen molar-refractivity contribution in [3.63, 3.8) is 0 Å². The summed E-state index contributed by atoms with van der Waals surface area (Å²) in [7, 11) is -3.38. The van der Waals surface area contributed by atoms with Crippen molar-refractivity contribution >= 4 is 27.1 Å². The number of alkyl halides is 2. The Balaban J connectivity index is 1.64. The summed E-state index contributed by atoms with van der Waals surface area (Å²) < 4.78 is 52.1. The number of allylic oxidation sites excluding steroid dienone is 1. The van der Waals surface area contributed by atoms with E-state index in [1.54, 1.807) is 0 Å². The highest BCUT2D eigenvalue weighted by atomic mass is 32.2. The van der Waals surface area contributed by atoms with E-state index in [4.69, 9.17) is 0 Å². The normalized spacial score (nSPS) is 24.2. The van der Waals surface area contributed by atoms with Crippen LogP contribution >= 0.6 is 0 Å². The van der Waals surface area contributed by atoms with E-state index in [1.165, 1.54) is 36.5 Å². The molecule has 1 heterocycles. The molecule has 2 aromatic rings. The molecule has 2 fully saturated rings. The molecule has 0 aliphatic heterocycles. The molecule has 1 unspecified atom stereocenters. The Bertz CT molecular complexity index is 1140. The van der Waals surface area contributed by atoms with Gasteiger partial charge in [-0.3, -0.25) is 9.59 Å². The van der Waals surface area contributed by atoms with Gasteiger partial charge < -0.3 is 10.3 Å². The zero-order chi connectivity index (χ0) is 22.2. The number of benzene rings is 1. The number of aromatic amines is 1. The van der Waals surface area contributed by atoms with Crippen LogP contribution in [0.1, 0.15) is 31.2 Å². The van der Waals surface area contributed by atoms with E-state index in [0.717, 1.165) is 6.20 Å². The van der Waals surface area contributed by atoms with E-state index in [2.05, 4.69) is 15.3 Å². The molecule has 3 atom stereocenters. The Morgan fingerprint density at radius 2 is 1.77 bits per heavy atom. The van der Waals surface area contributed by atoms with Gasteiger partial charge in [-0.25, -0.2) is 22.2 Å². The maximum Gasteiger partial charge on any atom is 0.266 e. The summed E-state index contributed by atoms with van der Waals surface area (Å²) in [6.45, 7) is 0. The van der Waals surface area contributed by atoms with Gasteiger partial charge in [-0.1, -0.05) is 18.2 Å². The maximum absolute atomic E-state index is 13.7. The second-order valence-electron chi connectivity index (χ2n) is 7.86. The first-order chi connectivity index (χ1) is 14.7. The van der Waals surface area contributed by atoms with Crippen molar-refractivity contribution in [3.8, 4) is 0 Å². The SMILES string of the molecule is O=C(Nc1c[nH]c(=O)cn1)/C(=C/C1C[C@@H](F)[C@@H](F)C1)c1ccc(S(=O)(=O)C2CC2)cc1. The lowest BCUT2D eigenvalue weighted by molar-refractivity contribution is -0.111. The molecule has 1 amide bonds. The second kappa shape index (κ2) is 8.33. The molecule has 1 aromatic heterocycles. The summed E-state index contributed by atoms with van der Waals surface area (Å²) >= 11 is 0. The van der Waals surface area contributed by atoms with Gasteiger partial charge in [-0.2, -0.15) is 0 Å². The van der Waals surface area contributed by atoms with E-state index in [-0.39, 0.29) is 34.4 Å². The van der Waals surface area contributed by atoms with Gasteiger partial charge in [-0.15, -0.1) is 0 Å². The highest BCUT2D eigenvalue weighted by Gasteiger charge is 2.37. The maximum atomic E-state index is 13.7. The molecule has 1 aromatic carbocycles. The van der Waals surface area contributed by atoms with Crippen LogP contribution in [0.5, 0.6) is 0 Å². The van der Waals surface area contributed by atoms with Gasteiger partial charge in [0.25, 0.3) is 11.5 Å². The Labute approximate surface area is 177 Å². The molecule has 0 bridgehead atoms. The number of carbonyl (C=O) groups excluding carboxylic acids is 1. The molecule has 10 heteroatoms. The van der Waals surface area contributed by atoms with Crippen molar-refractivity contribution in [2.24, 2.45) is 5.92 Å². The predicted molar refractivity (Wildman–Crippen MR) is 111 cm³/mol. The summed E-state index contributed by atoms with van der Waals surface area (Å²) in [6, 6.07) is 5.89. The summed E-state index contributed by atoms with van der Waals surface area (Å²) in [4.78, 5) is 30.5. The van der Waals surface area contributed by atoms with Crippen molar-refractivity contribution in [1.82, 2.24) is 9.97 Å². The number of hydrogen-bond donors (Lipinski definition) is 2. The molecule has 4 rings (SSSR count). The summed E-state index contributed by atoms with van der Waals surface area (Å²) in [6.07, 6.45) is 1.78. The van der Waals surface area contributed by atoms with Gasteiger partial charge in [0.05, 0.1) is 16.3 Å². The van der Waals surface area contributed by atoms with Gasteiger partial charge in [-0.05, 0) is 49.3 Å². The van der Waals surface area contributed by atoms with Crippen molar-refractivity contribution < 1.29 is 22.0 Å². The van der Waals surface area contributed by atoms with Gasteiger partial charge in [0.1, 0.15) is 18.2 Å². The highest BCUT2D eigenvalue weighted by molar-refractivity contribution is 7.92. The van der Waals surface area contributed by atoms with Crippen LogP contribution in [-0.2, 0) is 14.6 Å². The standard InChI is InChI=1S/C21H21F2N3O4S/c22-17-8-12(9-18(17)23)7-16(21(28)26-19-10-25-20(27)11-24-19)13-1-3-14(4-2-13)31(29,30)15-5-6-15/h1-4,7,10-12,15,17-18H,5-6,8-9H2,(H,25,27)(H,24,26,28)/b16-7+/t12?,17-,18+. The Kier molecular flexibility index (Phi) is 5.74. The number of H-pyrrole nitrogens is 1. The van der Waals surface area contributed by atoms with Crippen LogP contribution in [0.25, 0.3) is 5.57 Å². The smallest absolute Gasteiger partial charge is 0.266 e. The Hall–Kier alpha value is -2.88. The lowest BCUT2D eigenvalue weighted by Crippen LogP contribution is -2.17. The topological polar surface area (TPSA) is 109 Å². The number of aromatic nitrogens is 2. The zero-order valence-electron chi connectivity index (χ0n) is 16.4. The van der Waals surface area contributed by atoms with E-state index in [0.29, 0.717) is 18.4 Å². The molecular weight excluding hydrogens is 428 g/mol. The zero-order valence-corrected chi connectivity index (χ0v) is 17.2. The third kappa shape index (κ3) is 4.73. The fraction of sp³-hybridized carbons (Fsp3) is 0.381. The molecule has 31 heavy (non-hydrogen) atoms. The molecule has 0 radical (unpaired) electrons. The minimum Gasteiger partial charge on any atom is -0.324 e. The van der Waals surface area contributed by atoms with Crippen molar-refractivity contribution in [2.75, 3.05) is 5.32 Å². The number of rotatable bonds is 6. The number of halogens is 2. The van der Waals surface area contributed by atoms with Gasteiger partial charge >= 0.3 is 0 Å². The number of anilines is 1. The Morgan fingerprint density at radius 1 is 1.13 bits per heavy atom. The fourth-order valence-electron chi connectivity index (χ4n) is 3.63. The molecule has 164 valence electrons. The summed E-state index contributed by atoms with van der Waals surface area (Å²) in [5.41, 5.74) is 0.124. The van der Waals surface area contributed by atoms with Crippen molar-refractivity contribution in [1.29, 1.82) is 0 Å². The van der Waals surface area contributed by atoms with Crippen LogP contribution in [0.3, 0.4) is 0 Å². The minimum atomic E-state index is -3.38. The third-order valence-electron chi connectivity index (χ3n) is 5.47. The monoisotopic (exact) mass is 449 g/mol. The van der Waals surface area contributed by atoms with Gasteiger partial charge in [0.15, 0.2) is 9.84 Å². The molecule has 2 N–H and O–H groups in total. The Morgan fingerprint density at radius 3 is 2.32 bits per heavy atom. The number of amides is 1. The lowest BCUT2D eigenvalue weighted by atomic mass is 9.98. The average Bonchev–Trinajstić information content (AvgIpc) is 3.55. The summed E-state index contributed by atoms with van der Waals surface area (Å²) in [5, 5.41) is 2.19. The van der Waals surface area contributed by atoms with E-state index in [1.807, 2.05) is 0 Å². The number of hydrogen-bond acceptors (Lipinski definition) is 5. The highest BCUT2D eigenvalue weighted by Crippen LogP contribution is 2.36. The number of carbonyl (C=O) groups is 1. The average molecular weight is 449 g/mol. The second-order valence-corrected chi connectivity index (χ2v) is 10.1. The first kappa shape index (κ1) is 21.4. The molecule has 2 aliphatic rings. The summed E-state index contributed by atoms with van der Waals surface area (Å²) in [5.74, 6) is -0.971. The number of nitrogens with one attached hydrogen (secondary N) is 2. The lowest BCUT2D eigenvalue weighted by Gasteiger charge is -2.12. The van der Waals surface area contributed by atoms with Crippen LogP contribution < -0.4 is 10.9 Å². The molecule has 7 nitrogen and oxygen atoms in total. The molecular formula is C21H21F2N3O4S. The van der Waals surface area contributed by atoms with Crippen LogP contribution in [0.2, 0.25) is 0 Å². The molecule has 0 saturated heterocycles. The van der Waals surface area contributed by atoms with Crippen molar-refractivity contribution in [2.45, 2.75) is 48.2 Å². The van der Waals surface area contributed by atoms with Crippen LogP contribution in [0.15, 0.2) is 52.4 Å². The quantitative estimate of drug-likeness (QED) is 0.659. The van der Waals surface area contributed by atoms with Crippen LogP contribution in [-0.4, -0.2) is 41.9 Å². The number of nitrogens with zero attached hydrogens (tertiary/aromatic N) is 1. The molecule has 2 saturated carbocycles. The third-order valence-corrected chi connectivity index (χ3v) is 7.74. The fourth-order valence-corrected chi connectivity index (χ4v) is 5.29. The molecule has 2 aliphatic carbocycles. The van der Waals surface area contributed by atoms with Crippen LogP contribution in [0.4, 0.5) is 14.6 Å². The van der Waals surface area contributed by atoms with Gasteiger partial charge in [0.2, 0.25) is 0 Å². The van der Waals surface area contributed by atoms with Gasteiger partial charge in [0, 0.05) is 11.8 Å². The number of sulfone groups is 1. The van der Waals surface area contributed by atoms with Crippen LogP contribution in [0, 0.1) is 5.92 Å². The predicted octanol–water partition coefficient (Wildman–Crippen LogP) is 2.81. The minimum absolute atomic E-state index is 0.0387. The van der Waals surface area contributed by atoms with E-state index < -0.39 is 39.6 Å². The van der Waals surface area contributed by atoms with Crippen molar-refractivity contribution in [3.05, 3.63) is 58.7 Å².